The zero-order valence-electron chi connectivity index (χ0n) is 9.20. The van der Waals surface area contributed by atoms with Crippen molar-refractivity contribution in [2.45, 2.75) is 12.8 Å². The van der Waals surface area contributed by atoms with Crippen LogP contribution in [0.3, 0.4) is 0 Å². The van der Waals surface area contributed by atoms with Crippen LogP contribution in [0.1, 0.15) is 12.8 Å². The first-order chi connectivity index (χ1) is 6.63. The number of nitrogens with zero attached hydrogens (tertiary/aromatic N) is 2. The molecule has 0 spiro atoms. The van der Waals surface area contributed by atoms with Gasteiger partial charge in [0.1, 0.15) is 0 Å². The summed E-state index contributed by atoms with van der Waals surface area (Å²) in [5.41, 5.74) is 5.30. The highest BCUT2D eigenvalue weighted by atomic mass is 16.2. The standard InChI is InChI=1S/C10H21N3O/c1-12-5-3-9(4-6-12)8-13(2)10(14)7-11/h9H,3-8,11H2,1-2H3. The van der Waals surface area contributed by atoms with Crippen LogP contribution in [0.25, 0.3) is 0 Å². The van der Waals surface area contributed by atoms with Gasteiger partial charge in [0.05, 0.1) is 6.54 Å². The molecule has 1 rings (SSSR count). The molecule has 1 aliphatic rings. The zero-order valence-corrected chi connectivity index (χ0v) is 9.20. The van der Waals surface area contributed by atoms with Gasteiger partial charge >= 0.3 is 0 Å². The molecule has 82 valence electrons. The van der Waals surface area contributed by atoms with E-state index < -0.39 is 0 Å². The van der Waals surface area contributed by atoms with E-state index in [9.17, 15) is 4.79 Å². The Hall–Kier alpha value is -0.610. The third kappa shape index (κ3) is 3.27. The molecule has 14 heavy (non-hydrogen) atoms. The lowest BCUT2D eigenvalue weighted by Gasteiger charge is -2.31. The second kappa shape index (κ2) is 5.32. The van der Waals surface area contributed by atoms with Gasteiger partial charge in [0.15, 0.2) is 0 Å². The molecule has 0 aromatic carbocycles. The molecule has 1 fully saturated rings. The summed E-state index contributed by atoms with van der Waals surface area (Å²) in [6.07, 6.45) is 2.39. The molecule has 0 radical (unpaired) electrons. The average Bonchev–Trinajstić information content (AvgIpc) is 2.20. The Morgan fingerprint density at radius 2 is 2.07 bits per heavy atom. The van der Waals surface area contributed by atoms with E-state index in [1.165, 1.54) is 12.8 Å². The van der Waals surface area contributed by atoms with E-state index in [-0.39, 0.29) is 12.5 Å². The fourth-order valence-electron chi connectivity index (χ4n) is 1.89. The molecule has 0 saturated carbocycles. The normalized spacial score (nSPS) is 19.6. The van der Waals surface area contributed by atoms with Crippen molar-refractivity contribution in [3.8, 4) is 0 Å². The van der Waals surface area contributed by atoms with Gasteiger partial charge in [0, 0.05) is 13.6 Å². The summed E-state index contributed by atoms with van der Waals surface area (Å²) >= 11 is 0. The van der Waals surface area contributed by atoms with Crippen LogP contribution >= 0.6 is 0 Å². The van der Waals surface area contributed by atoms with Crippen molar-refractivity contribution < 1.29 is 4.79 Å². The quantitative estimate of drug-likeness (QED) is 0.681. The van der Waals surface area contributed by atoms with Gasteiger partial charge in [-0.05, 0) is 38.9 Å². The van der Waals surface area contributed by atoms with E-state index in [0.717, 1.165) is 19.6 Å². The zero-order chi connectivity index (χ0) is 10.6. The summed E-state index contributed by atoms with van der Waals surface area (Å²) in [6, 6.07) is 0. The molecule has 0 unspecified atom stereocenters. The summed E-state index contributed by atoms with van der Waals surface area (Å²) in [6.45, 7) is 3.29. The minimum Gasteiger partial charge on any atom is -0.344 e. The summed E-state index contributed by atoms with van der Waals surface area (Å²) in [7, 11) is 3.98. The molecule has 0 atom stereocenters. The van der Waals surface area contributed by atoms with Crippen LogP contribution in [0.5, 0.6) is 0 Å². The molecule has 1 saturated heterocycles. The Bertz CT molecular complexity index is 188. The molecular formula is C10H21N3O. The summed E-state index contributed by atoms with van der Waals surface area (Å²) in [5.74, 6) is 0.704. The van der Waals surface area contributed by atoms with Gasteiger partial charge in [0.25, 0.3) is 0 Å². The minimum atomic E-state index is 0.0453. The van der Waals surface area contributed by atoms with Crippen molar-refractivity contribution in [1.29, 1.82) is 0 Å². The number of likely N-dealkylation sites (tertiary alicyclic amines) is 1. The average molecular weight is 199 g/mol. The number of amides is 1. The Balaban J connectivity index is 2.27. The molecule has 1 heterocycles. The predicted octanol–water partition coefficient (Wildman–Crippen LogP) is -0.255. The maximum absolute atomic E-state index is 11.2. The fourth-order valence-corrected chi connectivity index (χ4v) is 1.89. The third-order valence-corrected chi connectivity index (χ3v) is 2.97. The number of piperidine rings is 1. The van der Waals surface area contributed by atoms with Crippen molar-refractivity contribution in [1.82, 2.24) is 9.80 Å². The lowest BCUT2D eigenvalue weighted by atomic mass is 9.97. The van der Waals surface area contributed by atoms with Crippen LogP contribution < -0.4 is 5.73 Å². The van der Waals surface area contributed by atoms with Crippen molar-refractivity contribution in [3.63, 3.8) is 0 Å². The molecule has 1 amide bonds. The van der Waals surface area contributed by atoms with Crippen LogP contribution in [0.15, 0.2) is 0 Å². The molecular weight excluding hydrogens is 178 g/mol. The molecule has 0 aliphatic carbocycles. The van der Waals surface area contributed by atoms with E-state index in [4.69, 9.17) is 5.73 Å². The number of carbonyl (C=O) groups excluding carboxylic acids is 1. The Kier molecular flexibility index (Phi) is 4.35. The highest BCUT2D eigenvalue weighted by molar-refractivity contribution is 5.77. The molecule has 0 aromatic heterocycles. The summed E-state index contributed by atoms with van der Waals surface area (Å²) in [4.78, 5) is 15.3. The predicted molar refractivity (Wildman–Crippen MR) is 56.9 cm³/mol. The second-order valence-corrected chi connectivity index (χ2v) is 4.23. The first kappa shape index (κ1) is 11.5. The van der Waals surface area contributed by atoms with E-state index in [1.807, 2.05) is 7.05 Å². The van der Waals surface area contributed by atoms with E-state index in [1.54, 1.807) is 4.90 Å². The number of nitrogens with two attached hydrogens (primary N) is 1. The van der Waals surface area contributed by atoms with Gasteiger partial charge in [-0.1, -0.05) is 0 Å². The fraction of sp³-hybridized carbons (Fsp3) is 0.900. The molecule has 0 bridgehead atoms. The van der Waals surface area contributed by atoms with Gasteiger partial charge < -0.3 is 15.5 Å². The Morgan fingerprint density at radius 1 is 1.50 bits per heavy atom. The van der Waals surface area contributed by atoms with Crippen molar-refractivity contribution in [3.05, 3.63) is 0 Å². The summed E-state index contributed by atoms with van der Waals surface area (Å²) < 4.78 is 0. The van der Waals surface area contributed by atoms with Crippen molar-refractivity contribution in [2.24, 2.45) is 11.7 Å². The van der Waals surface area contributed by atoms with E-state index >= 15 is 0 Å². The maximum atomic E-state index is 11.2. The Labute approximate surface area is 86.0 Å². The first-order valence-electron chi connectivity index (χ1n) is 5.26. The first-order valence-corrected chi connectivity index (χ1v) is 5.26. The highest BCUT2D eigenvalue weighted by Crippen LogP contribution is 2.16. The number of rotatable bonds is 3. The van der Waals surface area contributed by atoms with Crippen molar-refractivity contribution in [2.75, 3.05) is 40.3 Å². The highest BCUT2D eigenvalue weighted by Gasteiger charge is 2.19. The number of likely N-dealkylation sites (N-methyl/N-ethyl adjacent to an activating group) is 1. The molecule has 0 aromatic rings. The van der Waals surface area contributed by atoms with Gasteiger partial charge in [-0.25, -0.2) is 0 Å². The van der Waals surface area contributed by atoms with Crippen LogP contribution in [0.2, 0.25) is 0 Å². The van der Waals surface area contributed by atoms with Crippen molar-refractivity contribution >= 4 is 5.91 Å². The monoisotopic (exact) mass is 199 g/mol. The molecule has 2 N–H and O–H groups in total. The largest absolute Gasteiger partial charge is 0.344 e. The number of hydrogen-bond donors (Lipinski definition) is 1. The van der Waals surface area contributed by atoms with E-state index in [0.29, 0.717) is 5.92 Å². The van der Waals surface area contributed by atoms with Gasteiger partial charge in [-0.3, -0.25) is 4.79 Å². The van der Waals surface area contributed by atoms with Gasteiger partial charge in [0.2, 0.25) is 5.91 Å². The van der Waals surface area contributed by atoms with Crippen LogP contribution in [0.4, 0.5) is 0 Å². The Morgan fingerprint density at radius 3 is 2.57 bits per heavy atom. The van der Waals surface area contributed by atoms with Crippen LogP contribution in [0, 0.1) is 5.92 Å². The molecule has 4 nitrogen and oxygen atoms in total. The topological polar surface area (TPSA) is 49.6 Å². The van der Waals surface area contributed by atoms with Crippen LogP contribution in [-0.2, 0) is 4.79 Å². The van der Waals surface area contributed by atoms with E-state index in [2.05, 4.69) is 11.9 Å². The maximum Gasteiger partial charge on any atom is 0.236 e. The van der Waals surface area contributed by atoms with Gasteiger partial charge in [-0.2, -0.15) is 0 Å². The summed E-state index contributed by atoms with van der Waals surface area (Å²) in [5, 5.41) is 0. The SMILES string of the molecule is CN1CCC(CN(C)C(=O)CN)CC1. The molecule has 1 aliphatic heterocycles. The number of carbonyl (C=O) groups is 1. The second-order valence-electron chi connectivity index (χ2n) is 4.23. The number of hydrogen-bond acceptors (Lipinski definition) is 3. The minimum absolute atomic E-state index is 0.0453. The smallest absolute Gasteiger partial charge is 0.236 e. The lowest BCUT2D eigenvalue weighted by molar-refractivity contribution is -0.129. The molecule has 4 heteroatoms. The van der Waals surface area contributed by atoms with Gasteiger partial charge in [-0.15, -0.1) is 0 Å². The van der Waals surface area contributed by atoms with Crippen LogP contribution in [-0.4, -0.2) is 56.0 Å². The third-order valence-electron chi connectivity index (χ3n) is 2.97. The lowest BCUT2D eigenvalue weighted by Crippen LogP contribution is -2.40.